The smallest absolute Gasteiger partial charge is 0.337 e. The lowest BCUT2D eigenvalue weighted by atomic mass is 10.1. The number of benzene rings is 2. The minimum Gasteiger partial charge on any atom is -0.465 e. The summed E-state index contributed by atoms with van der Waals surface area (Å²) in [5.74, 6) is -0.0795. The molecule has 0 saturated heterocycles. The lowest BCUT2D eigenvalue weighted by Gasteiger charge is -2.09. The van der Waals surface area contributed by atoms with Gasteiger partial charge in [-0.1, -0.05) is 18.2 Å². The number of halogens is 1. The van der Waals surface area contributed by atoms with Gasteiger partial charge < -0.3 is 10.1 Å². The largest absolute Gasteiger partial charge is 0.465 e. The number of ether oxygens (including phenoxy) is 1. The van der Waals surface area contributed by atoms with Crippen molar-refractivity contribution in [3.05, 3.63) is 71.6 Å². The van der Waals surface area contributed by atoms with Gasteiger partial charge in [-0.2, -0.15) is 0 Å². The fraction of sp³-hybridized carbons (Fsp3) is 0.0500. The highest BCUT2D eigenvalue weighted by Gasteiger charge is 2.14. The number of carbonyl (C=O) groups excluding carboxylic acids is 1. The first kappa shape index (κ1) is 17.1. The third kappa shape index (κ3) is 3.37. The number of hydrogen-bond donors (Lipinski definition) is 1. The van der Waals surface area contributed by atoms with Crippen molar-refractivity contribution >= 4 is 39.0 Å². The average Bonchev–Trinajstić information content (AvgIpc) is 3.13. The molecule has 0 saturated carbocycles. The van der Waals surface area contributed by atoms with Crippen LogP contribution >= 0.6 is 11.3 Å². The zero-order valence-electron chi connectivity index (χ0n) is 14.3. The van der Waals surface area contributed by atoms with E-state index in [0.29, 0.717) is 17.1 Å². The Hall–Kier alpha value is -3.32. The molecule has 0 aliphatic rings. The normalized spacial score (nSPS) is 10.7. The van der Waals surface area contributed by atoms with E-state index in [2.05, 4.69) is 15.3 Å². The lowest BCUT2D eigenvalue weighted by molar-refractivity contribution is 0.0601. The van der Waals surface area contributed by atoms with E-state index in [4.69, 9.17) is 4.74 Å². The first-order valence-corrected chi connectivity index (χ1v) is 8.97. The van der Waals surface area contributed by atoms with Crippen molar-refractivity contribution in [1.29, 1.82) is 0 Å². The van der Waals surface area contributed by atoms with Gasteiger partial charge in [0.1, 0.15) is 22.8 Å². The van der Waals surface area contributed by atoms with Crippen molar-refractivity contribution in [1.82, 2.24) is 9.97 Å². The number of hydrogen-bond acceptors (Lipinski definition) is 6. The van der Waals surface area contributed by atoms with E-state index in [-0.39, 0.29) is 5.82 Å². The third-order valence-corrected chi connectivity index (χ3v) is 4.96. The maximum Gasteiger partial charge on any atom is 0.337 e. The van der Waals surface area contributed by atoms with Gasteiger partial charge in [0, 0.05) is 16.6 Å². The minimum absolute atomic E-state index is 0.285. The second-order valence-electron chi connectivity index (χ2n) is 5.76. The van der Waals surface area contributed by atoms with Crippen molar-refractivity contribution in [2.24, 2.45) is 0 Å². The molecule has 4 aromatic rings. The number of aromatic nitrogens is 2. The standard InChI is InChI=1S/C20H14FN3O2S/c1-26-20(25)13-3-2-4-15(9-13)24-18-17-16(10-27-19(17)23-11-22-18)12-5-7-14(21)8-6-12/h2-11H,1H3,(H,22,23,24). The molecular weight excluding hydrogens is 365 g/mol. The van der Waals surface area contributed by atoms with Crippen molar-refractivity contribution in [2.45, 2.75) is 0 Å². The van der Waals surface area contributed by atoms with E-state index in [0.717, 1.165) is 21.3 Å². The number of esters is 1. The van der Waals surface area contributed by atoms with Crippen LogP contribution in [0, 0.1) is 5.82 Å². The molecule has 2 heterocycles. The van der Waals surface area contributed by atoms with E-state index in [1.165, 1.54) is 36.9 Å². The monoisotopic (exact) mass is 379 g/mol. The molecule has 0 spiro atoms. The number of rotatable bonds is 4. The van der Waals surface area contributed by atoms with Crippen LogP contribution in [0.15, 0.2) is 60.2 Å². The third-order valence-electron chi connectivity index (χ3n) is 4.07. The molecule has 0 amide bonds. The Morgan fingerprint density at radius 2 is 1.96 bits per heavy atom. The zero-order chi connectivity index (χ0) is 18.8. The van der Waals surface area contributed by atoms with Crippen molar-refractivity contribution in [3.63, 3.8) is 0 Å². The predicted octanol–water partition coefficient (Wildman–Crippen LogP) is 5.03. The molecule has 0 radical (unpaired) electrons. The van der Waals surface area contributed by atoms with Crippen LogP contribution in [0.5, 0.6) is 0 Å². The molecule has 0 atom stereocenters. The number of thiophene rings is 1. The number of nitrogens with zero attached hydrogens (tertiary/aromatic N) is 2. The van der Waals surface area contributed by atoms with Gasteiger partial charge in [0.05, 0.1) is 18.1 Å². The first-order chi connectivity index (χ1) is 13.2. The fourth-order valence-corrected chi connectivity index (χ4v) is 3.71. The second-order valence-corrected chi connectivity index (χ2v) is 6.61. The molecule has 7 heteroatoms. The summed E-state index contributed by atoms with van der Waals surface area (Å²) < 4.78 is 18.0. The maximum atomic E-state index is 13.3. The summed E-state index contributed by atoms with van der Waals surface area (Å²) in [6.07, 6.45) is 1.49. The molecule has 2 aromatic heterocycles. The Labute approximate surface area is 158 Å². The number of nitrogens with one attached hydrogen (secondary N) is 1. The summed E-state index contributed by atoms with van der Waals surface area (Å²) in [6.45, 7) is 0. The number of fused-ring (bicyclic) bond motifs is 1. The lowest BCUT2D eigenvalue weighted by Crippen LogP contribution is -2.02. The van der Waals surface area contributed by atoms with Gasteiger partial charge in [-0.15, -0.1) is 11.3 Å². The van der Waals surface area contributed by atoms with Gasteiger partial charge >= 0.3 is 5.97 Å². The van der Waals surface area contributed by atoms with Crippen LogP contribution in [-0.4, -0.2) is 23.0 Å². The van der Waals surface area contributed by atoms with E-state index in [9.17, 15) is 9.18 Å². The molecular formula is C20H14FN3O2S. The topological polar surface area (TPSA) is 64.1 Å². The molecule has 134 valence electrons. The molecule has 4 rings (SSSR count). The molecule has 1 N–H and O–H groups in total. The van der Waals surface area contributed by atoms with Crippen molar-refractivity contribution < 1.29 is 13.9 Å². The highest BCUT2D eigenvalue weighted by Crippen LogP contribution is 2.37. The summed E-state index contributed by atoms with van der Waals surface area (Å²) in [5, 5.41) is 6.07. The van der Waals surface area contributed by atoms with E-state index >= 15 is 0 Å². The quantitative estimate of drug-likeness (QED) is 0.504. The van der Waals surface area contributed by atoms with Crippen LogP contribution in [0.1, 0.15) is 10.4 Å². The highest BCUT2D eigenvalue weighted by atomic mass is 32.1. The second kappa shape index (κ2) is 7.13. The number of carbonyl (C=O) groups is 1. The molecule has 0 aliphatic heterocycles. The van der Waals surface area contributed by atoms with Crippen LogP contribution < -0.4 is 5.32 Å². The van der Waals surface area contributed by atoms with Gasteiger partial charge in [0.15, 0.2) is 0 Å². The van der Waals surface area contributed by atoms with Crippen LogP contribution in [0.3, 0.4) is 0 Å². The minimum atomic E-state index is -0.408. The van der Waals surface area contributed by atoms with Crippen LogP contribution in [-0.2, 0) is 4.74 Å². The predicted molar refractivity (Wildman–Crippen MR) is 104 cm³/mol. The Kier molecular flexibility index (Phi) is 4.52. The zero-order valence-corrected chi connectivity index (χ0v) is 15.1. The maximum absolute atomic E-state index is 13.3. The van der Waals surface area contributed by atoms with E-state index in [1.54, 1.807) is 30.3 Å². The summed E-state index contributed by atoms with van der Waals surface area (Å²) in [4.78, 5) is 21.3. The van der Waals surface area contributed by atoms with Crippen molar-refractivity contribution in [3.8, 4) is 11.1 Å². The Morgan fingerprint density at radius 3 is 2.74 bits per heavy atom. The molecule has 0 bridgehead atoms. The van der Waals surface area contributed by atoms with Crippen LogP contribution in [0.4, 0.5) is 15.9 Å². The van der Waals surface area contributed by atoms with E-state index < -0.39 is 5.97 Å². The van der Waals surface area contributed by atoms with Gasteiger partial charge in [-0.3, -0.25) is 0 Å². The Morgan fingerprint density at radius 1 is 1.15 bits per heavy atom. The fourth-order valence-electron chi connectivity index (χ4n) is 2.79. The molecule has 0 unspecified atom stereocenters. The molecule has 5 nitrogen and oxygen atoms in total. The van der Waals surface area contributed by atoms with Crippen LogP contribution in [0.25, 0.3) is 21.3 Å². The molecule has 2 aromatic carbocycles. The first-order valence-electron chi connectivity index (χ1n) is 8.09. The molecule has 27 heavy (non-hydrogen) atoms. The SMILES string of the molecule is COC(=O)c1cccc(Nc2ncnc3scc(-c4ccc(F)cc4)c23)c1. The summed E-state index contributed by atoms with van der Waals surface area (Å²) in [6, 6.07) is 13.3. The van der Waals surface area contributed by atoms with Gasteiger partial charge in [0.25, 0.3) is 0 Å². The van der Waals surface area contributed by atoms with Crippen LogP contribution in [0.2, 0.25) is 0 Å². The number of anilines is 2. The highest BCUT2D eigenvalue weighted by molar-refractivity contribution is 7.17. The Bertz CT molecular complexity index is 1130. The Balaban J connectivity index is 1.77. The summed E-state index contributed by atoms with van der Waals surface area (Å²) >= 11 is 1.49. The molecule has 0 aliphatic carbocycles. The van der Waals surface area contributed by atoms with E-state index in [1.807, 2.05) is 11.4 Å². The van der Waals surface area contributed by atoms with Gasteiger partial charge in [-0.25, -0.2) is 19.2 Å². The average molecular weight is 379 g/mol. The summed E-state index contributed by atoms with van der Waals surface area (Å²) in [7, 11) is 1.34. The van der Waals surface area contributed by atoms with Gasteiger partial charge in [-0.05, 0) is 35.9 Å². The number of methoxy groups -OCH3 is 1. The van der Waals surface area contributed by atoms with Crippen molar-refractivity contribution in [2.75, 3.05) is 12.4 Å². The van der Waals surface area contributed by atoms with Gasteiger partial charge in [0.2, 0.25) is 0 Å². The summed E-state index contributed by atoms with van der Waals surface area (Å²) in [5.41, 5.74) is 2.94. The molecule has 0 fully saturated rings.